The summed E-state index contributed by atoms with van der Waals surface area (Å²) in [7, 11) is 0. The number of rotatable bonds is 4. The zero-order valence-electron chi connectivity index (χ0n) is 11.5. The van der Waals surface area contributed by atoms with Gasteiger partial charge in [-0.25, -0.2) is 4.98 Å². The Bertz CT molecular complexity index is 419. The maximum atomic E-state index is 12.1. The molecule has 2 heterocycles. The molecule has 1 aliphatic heterocycles. The highest BCUT2D eigenvalue weighted by atomic mass is 16.5. The predicted molar refractivity (Wildman–Crippen MR) is 74.3 cm³/mol. The first-order valence-corrected chi connectivity index (χ1v) is 6.81. The van der Waals surface area contributed by atoms with Crippen molar-refractivity contribution in [3.05, 3.63) is 23.9 Å². The Hall–Kier alpha value is -1.62. The largest absolute Gasteiger partial charge is 0.378 e. The molecule has 1 aliphatic rings. The summed E-state index contributed by atoms with van der Waals surface area (Å²) in [6.07, 6.45) is 3.57. The van der Waals surface area contributed by atoms with E-state index < -0.39 is 0 Å². The first-order valence-electron chi connectivity index (χ1n) is 6.81. The van der Waals surface area contributed by atoms with Crippen LogP contribution in [0.4, 0.5) is 5.82 Å². The monoisotopic (exact) mass is 263 g/mol. The molecule has 1 aromatic heterocycles. The second-order valence-corrected chi connectivity index (χ2v) is 4.84. The molecule has 0 bridgehead atoms. The van der Waals surface area contributed by atoms with Crippen molar-refractivity contribution in [3.63, 3.8) is 0 Å². The van der Waals surface area contributed by atoms with E-state index >= 15 is 0 Å². The summed E-state index contributed by atoms with van der Waals surface area (Å²) in [5.74, 6) is 0.730. The standard InChI is InChI=1S/C14H21N3O2/c1-3-15-13-5-4-11(9-16-13)14(18)17-12-6-7-19-10(2)8-12/h4-5,9-10,12H,3,6-8H2,1-2H3,(H,15,16)(H,17,18). The second kappa shape index (κ2) is 6.52. The van der Waals surface area contributed by atoms with Gasteiger partial charge in [0.25, 0.3) is 5.91 Å². The molecule has 1 aromatic rings. The maximum Gasteiger partial charge on any atom is 0.253 e. The minimum absolute atomic E-state index is 0.0605. The first kappa shape index (κ1) is 13.8. The van der Waals surface area contributed by atoms with E-state index in [9.17, 15) is 4.79 Å². The van der Waals surface area contributed by atoms with Crippen molar-refractivity contribution in [2.45, 2.75) is 38.8 Å². The molecule has 0 radical (unpaired) electrons. The molecular weight excluding hydrogens is 242 g/mol. The highest BCUT2D eigenvalue weighted by Crippen LogP contribution is 2.14. The molecule has 1 amide bonds. The van der Waals surface area contributed by atoms with Crippen LogP contribution in [0.2, 0.25) is 0 Å². The van der Waals surface area contributed by atoms with Crippen LogP contribution < -0.4 is 10.6 Å². The third-order valence-electron chi connectivity index (χ3n) is 3.20. The van der Waals surface area contributed by atoms with E-state index in [1.165, 1.54) is 0 Å². The summed E-state index contributed by atoms with van der Waals surface area (Å²) in [5.41, 5.74) is 0.598. The van der Waals surface area contributed by atoms with E-state index in [1.807, 2.05) is 19.9 Å². The fourth-order valence-electron chi connectivity index (χ4n) is 2.21. The number of pyridine rings is 1. The summed E-state index contributed by atoms with van der Waals surface area (Å²) < 4.78 is 5.47. The van der Waals surface area contributed by atoms with Crippen LogP contribution in [0.1, 0.15) is 37.0 Å². The molecule has 19 heavy (non-hydrogen) atoms. The minimum atomic E-state index is -0.0605. The topological polar surface area (TPSA) is 63.2 Å². The number of amides is 1. The van der Waals surface area contributed by atoms with Crippen LogP contribution in [-0.4, -0.2) is 36.2 Å². The summed E-state index contributed by atoms with van der Waals surface area (Å²) in [6, 6.07) is 3.82. The van der Waals surface area contributed by atoms with Crippen molar-refractivity contribution in [1.29, 1.82) is 0 Å². The van der Waals surface area contributed by atoms with E-state index in [4.69, 9.17) is 4.74 Å². The van der Waals surface area contributed by atoms with E-state index in [2.05, 4.69) is 15.6 Å². The number of hydrogen-bond acceptors (Lipinski definition) is 4. The summed E-state index contributed by atoms with van der Waals surface area (Å²) in [4.78, 5) is 16.3. The van der Waals surface area contributed by atoms with Gasteiger partial charge in [-0.05, 0) is 38.8 Å². The molecule has 5 nitrogen and oxygen atoms in total. The van der Waals surface area contributed by atoms with Gasteiger partial charge in [0.2, 0.25) is 0 Å². The van der Waals surface area contributed by atoms with E-state index in [0.717, 1.165) is 25.2 Å². The van der Waals surface area contributed by atoms with Crippen molar-refractivity contribution < 1.29 is 9.53 Å². The Morgan fingerprint density at radius 3 is 3.00 bits per heavy atom. The molecule has 0 aromatic carbocycles. The zero-order chi connectivity index (χ0) is 13.7. The Labute approximate surface area is 113 Å². The van der Waals surface area contributed by atoms with Crippen LogP contribution in [0.25, 0.3) is 0 Å². The van der Waals surface area contributed by atoms with E-state index in [-0.39, 0.29) is 18.1 Å². The first-order chi connectivity index (χ1) is 9.19. The van der Waals surface area contributed by atoms with Gasteiger partial charge in [0.05, 0.1) is 11.7 Å². The third-order valence-corrected chi connectivity index (χ3v) is 3.20. The number of anilines is 1. The molecule has 0 spiro atoms. The quantitative estimate of drug-likeness (QED) is 0.869. The highest BCUT2D eigenvalue weighted by molar-refractivity contribution is 5.94. The second-order valence-electron chi connectivity index (χ2n) is 4.84. The number of nitrogens with one attached hydrogen (secondary N) is 2. The zero-order valence-corrected chi connectivity index (χ0v) is 11.5. The van der Waals surface area contributed by atoms with Crippen molar-refractivity contribution >= 4 is 11.7 Å². The molecule has 0 aliphatic carbocycles. The van der Waals surface area contributed by atoms with Crippen LogP contribution in [0.15, 0.2) is 18.3 Å². The van der Waals surface area contributed by atoms with Crippen LogP contribution in [-0.2, 0) is 4.74 Å². The van der Waals surface area contributed by atoms with Gasteiger partial charge in [-0.15, -0.1) is 0 Å². The smallest absolute Gasteiger partial charge is 0.253 e. The van der Waals surface area contributed by atoms with Gasteiger partial charge in [0.15, 0.2) is 0 Å². The van der Waals surface area contributed by atoms with Gasteiger partial charge in [-0.2, -0.15) is 0 Å². The Morgan fingerprint density at radius 2 is 2.37 bits per heavy atom. The molecular formula is C14H21N3O2. The normalized spacial score (nSPS) is 22.8. The molecule has 5 heteroatoms. The molecule has 2 atom stereocenters. The molecule has 104 valence electrons. The Kier molecular flexibility index (Phi) is 4.74. The fraction of sp³-hybridized carbons (Fsp3) is 0.571. The number of nitrogens with zero attached hydrogens (tertiary/aromatic N) is 1. The lowest BCUT2D eigenvalue weighted by Crippen LogP contribution is -2.41. The average molecular weight is 263 g/mol. The van der Waals surface area contributed by atoms with E-state index in [1.54, 1.807) is 12.3 Å². The van der Waals surface area contributed by atoms with Crippen molar-refractivity contribution in [2.24, 2.45) is 0 Å². The summed E-state index contributed by atoms with van der Waals surface area (Å²) >= 11 is 0. The molecule has 2 rings (SSSR count). The lowest BCUT2D eigenvalue weighted by atomic mass is 10.0. The summed E-state index contributed by atoms with van der Waals surface area (Å²) in [6.45, 7) is 5.57. The maximum absolute atomic E-state index is 12.1. The highest BCUT2D eigenvalue weighted by Gasteiger charge is 2.21. The SMILES string of the molecule is CCNc1ccc(C(=O)NC2CCOC(C)C2)cn1. The molecule has 0 saturated carbocycles. The lowest BCUT2D eigenvalue weighted by Gasteiger charge is -2.27. The number of hydrogen-bond donors (Lipinski definition) is 2. The lowest BCUT2D eigenvalue weighted by molar-refractivity contribution is 0.0136. The van der Waals surface area contributed by atoms with Gasteiger partial charge >= 0.3 is 0 Å². The van der Waals surface area contributed by atoms with Gasteiger partial charge in [0.1, 0.15) is 5.82 Å². The molecule has 2 N–H and O–H groups in total. The molecule has 1 fully saturated rings. The van der Waals surface area contributed by atoms with Crippen LogP contribution in [0.3, 0.4) is 0 Å². The van der Waals surface area contributed by atoms with Crippen molar-refractivity contribution in [1.82, 2.24) is 10.3 Å². The van der Waals surface area contributed by atoms with Crippen LogP contribution >= 0.6 is 0 Å². The van der Waals surface area contributed by atoms with Gasteiger partial charge in [0, 0.05) is 25.4 Å². The van der Waals surface area contributed by atoms with Gasteiger partial charge < -0.3 is 15.4 Å². The number of carbonyl (C=O) groups excluding carboxylic acids is 1. The van der Waals surface area contributed by atoms with Crippen LogP contribution in [0, 0.1) is 0 Å². The average Bonchev–Trinajstić information content (AvgIpc) is 2.40. The minimum Gasteiger partial charge on any atom is -0.378 e. The van der Waals surface area contributed by atoms with Crippen molar-refractivity contribution in [3.8, 4) is 0 Å². The number of ether oxygens (including phenoxy) is 1. The molecule has 1 saturated heterocycles. The summed E-state index contributed by atoms with van der Waals surface area (Å²) in [5, 5.41) is 6.14. The van der Waals surface area contributed by atoms with Crippen LogP contribution in [0.5, 0.6) is 0 Å². The third kappa shape index (κ3) is 3.92. The predicted octanol–water partition coefficient (Wildman–Crippen LogP) is 1.81. The fourth-order valence-corrected chi connectivity index (χ4v) is 2.21. The Balaban J connectivity index is 1.91. The number of carbonyl (C=O) groups is 1. The molecule has 2 unspecified atom stereocenters. The Morgan fingerprint density at radius 1 is 1.53 bits per heavy atom. The van der Waals surface area contributed by atoms with Crippen molar-refractivity contribution in [2.75, 3.05) is 18.5 Å². The van der Waals surface area contributed by atoms with Gasteiger partial charge in [-0.3, -0.25) is 4.79 Å². The van der Waals surface area contributed by atoms with E-state index in [0.29, 0.717) is 12.2 Å². The van der Waals surface area contributed by atoms with Gasteiger partial charge in [-0.1, -0.05) is 0 Å². The number of aromatic nitrogens is 1.